The summed E-state index contributed by atoms with van der Waals surface area (Å²) in [6.07, 6.45) is 7.00. The second kappa shape index (κ2) is 12.5. The number of piperidine rings is 1. The highest BCUT2D eigenvalue weighted by molar-refractivity contribution is 5.92. The molecule has 0 saturated carbocycles. The first kappa shape index (κ1) is 24.9. The van der Waals surface area contributed by atoms with Gasteiger partial charge in [-0.25, -0.2) is 0 Å². The van der Waals surface area contributed by atoms with E-state index in [2.05, 4.69) is 52.3 Å². The first-order valence-corrected chi connectivity index (χ1v) is 12.7. The Kier molecular flexibility index (Phi) is 8.90. The third kappa shape index (κ3) is 6.92. The minimum Gasteiger partial charge on any atom is -0.497 e. The fourth-order valence-corrected chi connectivity index (χ4v) is 5.19. The highest BCUT2D eigenvalue weighted by Crippen LogP contribution is 2.28. The third-order valence-corrected chi connectivity index (χ3v) is 7.24. The average molecular weight is 472 g/mol. The van der Waals surface area contributed by atoms with Crippen LogP contribution in [0, 0.1) is 5.92 Å². The fourth-order valence-electron chi connectivity index (χ4n) is 5.19. The zero-order valence-electron chi connectivity index (χ0n) is 21.0. The lowest BCUT2D eigenvalue weighted by Gasteiger charge is -2.40. The van der Waals surface area contributed by atoms with Gasteiger partial charge in [0.05, 0.1) is 7.11 Å². The zero-order valence-corrected chi connectivity index (χ0v) is 21.0. The molecule has 1 saturated heterocycles. The van der Waals surface area contributed by atoms with Crippen LogP contribution < -0.4 is 4.74 Å². The SMILES string of the molecule is COc1cccc(CC(C2CCN(CCCc3ccccc3)CC2)N(C)C(=O)c2ccccn2)c1. The average Bonchev–Trinajstić information content (AvgIpc) is 2.92. The van der Waals surface area contributed by atoms with E-state index < -0.39 is 0 Å². The lowest BCUT2D eigenvalue weighted by molar-refractivity contribution is 0.0584. The summed E-state index contributed by atoms with van der Waals surface area (Å²) in [4.78, 5) is 22.1. The van der Waals surface area contributed by atoms with Crippen molar-refractivity contribution in [3.8, 4) is 5.75 Å². The van der Waals surface area contributed by atoms with E-state index in [0.717, 1.165) is 51.1 Å². The summed E-state index contributed by atoms with van der Waals surface area (Å²) in [5, 5.41) is 0. The number of carbonyl (C=O) groups is 1. The van der Waals surface area contributed by atoms with Crippen LogP contribution in [-0.4, -0.2) is 60.5 Å². The number of ether oxygens (including phenoxy) is 1. The molecule has 5 heteroatoms. The van der Waals surface area contributed by atoms with Gasteiger partial charge in [0.15, 0.2) is 0 Å². The Morgan fingerprint density at radius 2 is 1.77 bits per heavy atom. The molecule has 1 atom stereocenters. The van der Waals surface area contributed by atoms with Crippen LogP contribution in [0.3, 0.4) is 0 Å². The van der Waals surface area contributed by atoms with Crippen LogP contribution in [0.2, 0.25) is 0 Å². The highest BCUT2D eigenvalue weighted by Gasteiger charge is 2.32. The van der Waals surface area contributed by atoms with Crippen LogP contribution in [-0.2, 0) is 12.8 Å². The highest BCUT2D eigenvalue weighted by atomic mass is 16.5. The van der Waals surface area contributed by atoms with Crippen molar-refractivity contribution in [2.75, 3.05) is 33.8 Å². The van der Waals surface area contributed by atoms with Crippen molar-refractivity contribution in [1.82, 2.24) is 14.8 Å². The van der Waals surface area contributed by atoms with Gasteiger partial charge in [0, 0.05) is 19.3 Å². The summed E-state index contributed by atoms with van der Waals surface area (Å²) >= 11 is 0. The molecule has 0 aliphatic carbocycles. The summed E-state index contributed by atoms with van der Waals surface area (Å²) in [5.74, 6) is 1.29. The van der Waals surface area contributed by atoms with Gasteiger partial charge in [-0.3, -0.25) is 9.78 Å². The van der Waals surface area contributed by atoms with E-state index >= 15 is 0 Å². The third-order valence-electron chi connectivity index (χ3n) is 7.24. The van der Waals surface area contributed by atoms with Crippen molar-refractivity contribution in [3.63, 3.8) is 0 Å². The molecule has 3 aromatic rings. The topological polar surface area (TPSA) is 45.7 Å². The number of carbonyl (C=O) groups excluding carboxylic acids is 1. The molecule has 0 bridgehead atoms. The largest absolute Gasteiger partial charge is 0.497 e. The number of pyridine rings is 1. The molecule has 1 aliphatic heterocycles. The summed E-state index contributed by atoms with van der Waals surface area (Å²) in [7, 11) is 3.63. The molecule has 1 aromatic heterocycles. The van der Waals surface area contributed by atoms with Crippen LogP contribution in [0.15, 0.2) is 79.0 Å². The van der Waals surface area contributed by atoms with Gasteiger partial charge in [-0.05, 0) is 93.0 Å². The van der Waals surface area contributed by atoms with E-state index in [9.17, 15) is 4.79 Å². The van der Waals surface area contributed by atoms with E-state index in [1.807, 2.05) is 36.2 Å². The Balaban J connectivity index is 1.40. The number of amides is 1. The molecule has 1 unspecified atom stereocenters. The predicted molar refractivity (Wildman–Crippen MR) is 141 cm³/mol. The maximum atomic E-state index is 13.3. The lowest BCUT2D eigenvalue weighted by Crippen LogP contribution is -2.47. The molecule has 1 fully saturated rings. The Morgan fingerprint density at radius 3 is 2.49 bits per heavy atom. The standard InChI is InChI=1S/C30H37N3O2/c1-32(30(34)28-15-6-7-18-31-28)29(23-25-12-8-14-27(22-25)35-2)26-16-20-33(21-17-26)19-9-13-24-10-4-3-5-11-24/h3-8,10-12,14-15,18,22,26,29H,9,13,16-17,19-21,23H2,1-2H3. The van der Waals surface area contributed by atoms with Gasteiger partial charge in [-0.15, -0.1) is 0 Å². The smallest absolute Gasteiger partial charge is 0.272 e. The number of likely N-dealkylation sites (N-methyl/N-ethyl adjacent to an activating group) is 1. The summed E-state index contributed by atoms with van der Waals surface area (Å²) in [5.41, 5.74) is 3.11. The van der Waals surface area contributed by atoms with Crippen molar-refractivity contribution in [2.45, 2.75) is 38.1 Å². The monoisotopic (exact) mass is 471 g/mol. The van der Waals surface area contributed by atoms with Crippen LogP contribution in [0.1, 0.15) is 40.9 Å². The number of nitrogens with zero attached hydrogens (tertiary/aromatic N) is 3. The molecule has 4 rings (SSSR count). The number of rotatable bonds is 10. The van der Waals surface area contributed by atoms with E-state index in [1.54, 1.807) is 19.4 Å². The van der Waals surface area contributed by atoms with Crippen molar-refractivity contribution in [1.29, 1.82) is 0 Å². The Morgan fingerprint density at radius 1 is 1.03 bits per heavy atom. The van der Waals surface area contributed by atoms with Gasteiger partial charge in [0.25, 0.3) is 5.91 Å². The molecular formula is C30H37N3O2. The Labute approximate surface area is 209 Å². The molecule has 0 radical (unpaired) electrons. The van der Waals surface area contributed by atoms with Gasteiger partial charge < -0.3 is 14.5 Å². The minimum absolute atomic E-state index is 0.0104. The van der Waals surface area contributed by atoms with Gasteiger partial charge in [-0.1, -0.05) is 48.5 Å². The van der Waals surface area contributed by atoms with E-state index in [-0.39, 0.29) is 11.9 Å². The number of aromatic nitrogens is 1. The van der Waals surface area contributed by atoms with Crippen LogP contribution in [0.4, 0.5) is 0 Å². The summed E-state index contributed by atoms with van der Waals surface area (Å²) in [6, 6.07) is 24.6. The molecule has 1 amide bonds. The van der Waals surface area contributed by atoms with Crippen molar-refractivity contribution >= 4 is 5.91 Å². The van der Waals surface area contributed by atoms with Crippen LogP contribution >= 0.6 is 0 Å². The van der Waals surface area contributed by atoms with E-state index in [1.165, 1.54) is 17.5 Å². The quantitative estimate of drug-likeness (QED) is 0.412. The summed E-state index contributed by atoms with van der Waals surface area (Å²) < 4.78 is 5.45. The van der Waals surface area contributed by atoms with E-state index in [4.69, 9.17) is 4.74 Å². The predicted octanol–water partition coefficient (Wildman–Crippen LogP) is 5.12. The van der Waals surface area contributed by atoms with Gasteiger partial charge in [0.1, 0.15) is 11.4 Å². The van der Waals surface area contributed by atoms with Gasteiger partial charge >= 0.3 is 0 Å². The second-order valence-corrected chi connectivity index (χ2v) is 9.52. The fraction of sp³-hybridized carbons (Fsp3) is 0.400. The number of hydrogen-bond donors (Lipinski definition) is 0. The van der Waals surface area contributed by atoms with Gasteiger partial charge in [-0.2, -0.15) is 0 Å². The Bertz CT molecular complexity index is 1050. The van der Waals surface area contributed by atoms with Crippen LogP contribution in [0.25, 0.3) is 0 Å². The molecule has 0 N–H and O–H groups in total. The first-order valence-electron chi connectivity index (χ1n) is 12.7. The molecule has 2 heterocycles. The number of likely N-dealkylation sites (tertiary alicyclic amines) is 1. The maximum Gasteiger partial charge on any atom is 0.272 e. The maximum absolute atomic E-state index is 13.3. The Hall–Kier alpha value is -3.18. The molecule has 0 spiro atoms. The van der Waals surface area contributed by atoms with Crippen LogP contribution in [0.5, 0.6) is 5.75 Å². The number of aryl methyl sites for hydroxylation is 1. The minimum atomic E-state index is -0.0104. The molecule has 5 nitrogen and oxygen atoms in total. The second-order valence-electron chi connectivity index (χ2n) is 9.52. The molecule has 2 aromatic carbocycles. The molecule has 1 aliphatic rings. The van der Waals surface area contributed by atoms with Crippen molar-refractivity contribution in [3.05, 3.63) is 95.8 Å². The molecule has 184 valence electrons. The number of hydrogen-bond acceptors (Lipinski definition) is 4. The number of methoxy groups -OCH3 is 1. The van der Waals surface area contributed by atoms with Gasteiger partial charge in [0.2, 0.25) is 0 Å². The molecular weight excluding hydrogens is 434 g/mol. The summed E-state index contributed by atoms with van der Waals surface area (Å²) in [6.45, 7) is 3.30. The molecule has 35 heavy (non-hydrogen) atoms. The normalized spacial score (nSPS) is 15.5. The first-order chi connectivity index (χ1) is 17.1. The van der Waals surface area contributed by atoms with E-state index in [0.29, 0.717) is 11.6 Å². The zero-order chi connectivity index (χ0) is 24.5. The number of benzene rings is 2. The van der Waals surface area contributed by atoms with Crippen molar-refractivity contribution in [2.24, 2.45) is 5.92 Å². The lowest BCUT2D eigenvalue weighted by atomic mass is 9.84. The van der Waals surface area contributed by atoms with Crippen molar-refractivity contribution < 1.29 is 9.53 Å².